The number of fused-ring (bicyclic) bond motifs is 2. The molecule has 0 amide bonds. The third kappa shape index (κ3) is 2.68. The quantitative estimate of drug-likeness (QED) is 0.567. The molecule has 1 atom stereocenters. The third-order valence-electron chi connectivity index (χ3n) is 4.78. The zero-order chi connectivity index (χ0) is 19.5. The van der Waals surface area contributed by atoms with Gasteiger partial charge in [-0.25, -0.2) is 14.8 Å². The van der Waals surface area contributed by atoms with Gasteiger partial charge in [0.2, 0.25) is 0 Å². The van der Waals surface area contributed by atoms with E-state index < -0.39 is 17.6 Å². The first-order chi connectivity index (χ1) is 13.4. The summed E-state index contributed by atoms with van der Waals surface area (Å²) >= 11 is 0. The van der Waals surface area contributed by atoms with Gasteiger partial charge in [0.25, 0.3) is 0 Å². The van der Waals surface area contributed by atoms with Crippen LogP contribution in [-0.2, 0) is 10.9 Å². The summed E-state index contributed by atoms with van der Waals surface area (Å²) in [4.78, 5) is 22.3. The maximum absolute atomic E-state index is 13.2. The van der Waals surface area contributed by atoms with Crippen molar-refractivity contribution in [1.82, 2.24) is 19.5 Å². The average Bonchev–Trinajstić information content (AvgIpc) is 3.36. The van der Waals surface area contributed by atoms with E-state index in [1.807, 2.05) is 0 Å². The van der Waals surface area contributed by atoms with Crippen molar-refractivity contribution >= 4 is 22.3 Å². The number of oxazole rings is 1. The van der Waals surface area contributed by atoms with Gasteiger partial charge in [0.1, 0.15) is 17.0 Å². The molecule has 144 valence electrons. The highest BCUT2D eigenvalue weighted by molar-refractivity contribution is 5.79. The lowest BCUT2D eigenvalue weighted by molar-refractivity contribution is -0.141. The average molecular weight is 390 g/mol. The standard InChI is InChI=1S/C18H13F3N4O3/c19-18(20,21)14-4-3-12-16(24-14)25(15(22-12)9-5-6-27-8-9)10-1-2-11-13(7-10)28-17(26)23-11/h1-4,7,9H,5-6,8H2,(H,23,26)/t9-/m0/s1. The van der Waals surface area contributed by atoms with E-state index in [0.717, 1.165) is 6.07 Å². The van der Waals surface area contributed by atoms with Crippen LogP contribution in [0.4, 0.5) is 13.2 Å². The number of aromatic nitrogens is 4. The van der Waals surface area contributed by atoms with Crippen LogP contribution in [0.25, 0.3) is 28.0 Å². The summed E-state index contributed by atoms with van der Waals surface area (Å²) in [5, 5.41) is 0. The van der Waals surface area contributed by atoms with Gasteiger partial charge in [0, 0.05) is 18.6 Å². The van der Waals surface area contributed by atoms with E-state index in [4.69, 9.17) is 9.15 Å². The number of H-pyrrole nitrogens is 1. The molecule has 4 aromatic rings. The summed E-state index contributed by atoms with van der Waals surface area (Å²) in [6, 6.07) is 7.12. The second-order valence-corrected chi connectivity index (χ2v) is 6.60. The number of rotatable bonds is 2. The van der Waals surface area contributed by atoms with Crippen LogP contribution >= 0.6 is 0 Å². The van der Waals surface area contributed by atoms with E-state index in [1.165, 1.54) is 6.07 Å². The molecule has 1 aromatic carbocycles. The van der Waals surface area contributed by atoms with E-state index in [2.05, 4.69) is 15.0 Å². The van der Waals surface area contributed by atoms with E-state index in [-0.39, 0.29) is 11.6 Å². The van der Waals surface area contributed by atoms with Crippen molar-refractivity contribution in [2.45, 2.75) is 18.5 Å². The fourth-order valence-electron chi connectivity index (χ4n) is 3.47. The lowest BCUT2D eigenvalue weighted by Gasteiger charge is -2.13. The number of alkyl halides is 3. The molecule has 5 rings (SSSR count). The predicted molar refractivity (Wildman–Crippen MR) is 92.4 cm³/mol. The van der Waals surface area contributed by atoms with Gasteiger partial charge in [0.05, 0.1) is 17.8 Å². The number of nitrogens with zero attached hydrogens (tertiary/aromatic N) is 3. The summed E-state index contributed by atoms with van der Waals surface area (Å²) in [5.41, 5.74) is 0.744. The molecule has 3 aromatic heterocycles. The molecule has 1 aliphatic heterocycles. The summed E-state index contributed by atoms with van der Waals surface area (Å²) in [7, 11) is 0. The van der Waals surface area contributed by atoms with Crippen molar-refractivity contribution in [1.29, 1.82) is 0 Å². The van der Waals surface area contributed by atoms with Gasteiger partial charge in [-0.15, -0.1) is 0 Å². The van der Waals surface area contributed by atoms with Crippen molar-refractivity contribution in [3.63, 3.8) is 0 Å². The SMILES string of the molecule is O=c1[nH]c2ccc(-n3c([C@H]4CCOC4)nc4ccc(C(F)(F)F)nc43)cc2o1. The van der Waals surface area contributed by atoms with E-state index >= 15 is 0 Å². The van der Waals surface area contributed by atoms with E-state index in [0.29, 0.717) is 47.8 Å². The Hall–Kier alpha value is -3.14. The highest BCUT2D eigenvalue weighted by Gasteiger charge is 2.34. The molecular weight excluding hydrogens is 377 g/mol. The molecule has 4 heterocycles. The number of halogens is 3. The van der Waals surface area contributed by atoms with Crippen molar-refractivity contribution in [3.05, 3.63) is 52.4 Å². The molecule has 7 nitrogen and oxygen atoms in total. The predicted octanol–water partition coefficient (Wildman–Crippen LogP) is 3.38. The topological polar surface area (TPSA) is 85.9 Å². The normalized spacial score (nSPS) is 17.8. The van der Waals surface area contributed by atoms with Gasteiger partial charge < -0.3 is 9.15 Å². The van der Waals surface area contributed by atoms with Crippen molar-refractivity contribution in [2.24, 2.45) is 0 Å². The van der Waals surface area contributed by atoms with Crippen molar-refractivity contribution in [2.75, 3.05) is 13.2 Å². The second-order valence-electron chi connectivity index (χ2n) is 6.60. The maximum atomic E-state index is 13.2. The molecule has 1 aliphatic rings. The van der Waals surface area contributed by atoms with Gasteiger partial charge in [-0.05, 0) is 30.7 Å². The molecule has 0 spiro atoms. The van der Waals surface area contributed by atoms with E-state index in [1.54, 1.807) is 22.8 Å². The fourth-order valence-corrected chi connectivity index (χ4v) is 3.47. The second kappa shape index (κ2) is 5.93. The van der Waals surface area contributed by atoms with Crippen molar-refractivity contribution < 1.29 is 22.3 Å². The fraction of sp³-hybridized carbons (Fsp3) is 0.278. The summed E-state index contributed by atoms with van der Waals surface area (Å²) in [6.45, 7) is 0.984. The minimum absolute atomic E-state index is 0.0718. The minimum atomic E-state index is -4.57. The van der Waals surface area contributed by atoms with Crippen LogP contribution in [0.3, 0.4) is 0 Å². The number of benzene rings is 1. The molecule has 1 N–H and O–H groups in total. The Morgan fingerprint density at radius 1 is 1.18 bits per heavy atom. The van der Waals surface area contributed by atoms with Crippen LogP contribution in [0.5, 0.6) is 0 Å². The molecule has 1 saturated heterocycles. The van der Waals surface area contributed by atoms with Crippen LogP contribution in [0.2, 0.25) is 0 Å². The van der Waals surface area contributed by atoms with E-state index in [9.17, 15) is 18.0 Å². The summed E-state index contributed by atoms with van der Waals surface area (Å²) < 4.78 is 51.7. The lowest BCUT2D eigenvalue weighted by atomic mass is 10.1. The number of ether oxygens (including phenoxy) is 1. The Bertz CT molecular complexity index is 1250. The Morgan fingerprint density at radius 2 is 2.04 bits per heavy atom. The largest absolute Gasteiger partial charge is 0.433 e. The van der Waals surface area contributed by atoms with Gasteiger partial charge in [-0.3, -0.25) is 9.55 Å². The molecule has 1 fully saturated rings. The molecule has 0 radical (unpaired) electrons. The van der Waals surface area contributed by atoms with Crippen molar-refractivity contribution in [3.8, 4) is 5.69 Å². The molecule has 0 bridgehead atoms. The zero-order valence-corrected chi connectivity index (χ0v) is 14.3. The van der Waals surface area contributed by atoms with Crippen LogP contribution < -0.4 is 5.76 Å². The summed E-state index contributed by atoms with van der Waals surface area (Å²) in [6.07, 6.45) is -3.87. The highest BCUT2D eigenvalue weighted by atomic mass is 19.4. The number of pyridine rings is 1. The Balaban J connectivity index is 1.79. The van der Waals surface area contributed by atoms with Gasteiger partial charge in [0.15, 0.2) is 11.2 Å². The Kier molecular flexibility index (Phi) is 3.60. The molecule has 0 saturated carbocycles. The molecule has 10 heteroatoms. The Morgan fingerprint density at radius 3 is 2.79 bits per heavy atom. The first-order valence-corrected chi connectivity index (χ1v) is 8.58. The molecular formula is C18H13F3N4O3. The molecule has 0 unspecified atom stereocenters. The zero-order valence-electron chi connectivity index (χ0n) is 14.3. The number of nitrogens with one attached hydrogen (secondary N) is 1. The number of aromatic amines is 1. The molecule has 0 aliphatic carbocycles. The monoisotopic (exact) mass is 390 g/mol. The smallest absolute Gasteiger partial charge is 0.408 e. The Labute approximate surface area is 154 Å². The van der Waals surface area contributed by atoms with Gasteiger partial charge in [-0.1, -0.05) is 0 Å². The lowest BCUT2D eigenvalue weighted by Crippen LogP contribution is -2.10. The maximum Gasteiger partial charge on any atom is 0.433 e. The van der Waals surface area contributed by atoms with Crippen LogP contribution in [0, 0.1) is 0 Å². The molecule has 28 heavy (non-hydrogen) atoms. The first-order valence-electron chi connectivity index (χ1n) is 8.58. The minimum Gasteiger partial charge on any atom is -0.408 e. The highest BCUT2D eigenvalue weighted by Crippen LogP contribution is 2.33. The number of hydrogen-bond donors (Lipinski definition) is 1. The van der Waals surface area contributed by atoms with Crippen LogP contribution in [0.1, 0.15) is 23.9 Å². The number of hydrogen-bond acceptors (Lipinski definition) is 5. The van der Waals surface area contributed by atoms with Gasteiger partial charge >= 0.3 is 11.9 Å². The van der Waals surface area contributed by atoms with Crippen LogP contribution in [-0.4, -0.2) is 32.7 Å². The van der Waals surface area contributed by atoms with Crippen LogP contribution in [0.15, 0.2) is 39.5 Å². The number of imidazole rings is 1. The first kappa shape index (κ1) is 17.0. The van der Waals surface area contributed by atoms with Gasteiger partial charge in [-0.2, -0.15) is 13.2 Å². The summed E-state index contributed by atoms with van der Waals surface area (Å²) in [5.74, 6) is -0.112. The third-order valence-corrected chi connectivity index (χ3v) is 4.78.